The molecule has 1 saturated heterocycles. The van der Waals surface area contributed by atoms with Gasteiger partial charge in [-0.1, -0.05) is 6.07 Å². The Kier molecular flexibility index (Phi) is 7.83. The number of likely N-dealkylation sites (N-methyl/N-ethyl adjacent to an activating group) is 1. The molecule has 0 aliphatic carbocycles. The molecule has 20 heavy (non-hydrogen) atoms. The van der Waals surface area contributed by atoms with Crippen LogP contribution in [0.25, 0.3) is 0 Å². The van der Waals surface area contributed by atoms with Crippen molar-refractivity contribution in [2.75, 3.05) is 33.7 Å². The highest BCUT2D eigenvalue weighted by atomic mass is 127. The summed E-state index contributed by atoms with van der Waals surface area (Å²) in [4.78, 5) is 10.4. The van der Waals surface area contributed by atoms with Crippen LogP contribution in [0, 0.1) is 0 Å². The van der Waals surface area contributed by atoms with E-state index in [1.807, 2.05) is 0 Å². The van der Waals surface area contributed by atoms with E-state index in [9.17, 15) is 0 Å². The lowest BCUT2D eigenvalue weighted by Gasteiger charge is -2.28. The maximum absolute atomic E-state index is 6.11. The first-order valence-electron chi connectivity index (χ1n) is 6.93. The van der Waals surface area contributed by atoms with Crippen molar-refractivity contribution in [2.45, 2.75) is 25.3 Å². The number of halogens is 1. The molecule has 1 unspecified atom stereocenters. The van der Waals surface area contributed by atoms with E-state index in [2.05, 4.69) is 46.4 Å². The van der Waals surface area contributed by atoms with Crippen LogP contribution >= 0.6 is 35.3 Å². The average molecular weight is 408 g/mol. The van der Waals surface area contributed by atoms with Gasteiger partial charge in [0, 0.05) is 18.0 Å². The standard InChI is InChI=1S/C14H24N4S.HI/c1-17(2)12(13-7-6-10-19-13)11-16-14(15)18-8-4-3-5-9-18;/h6-7,10,12H,3-5,8-9,11H2,1-2H3,(H2,15,16);1H. The van der Waals surface area contributed by atoms with Gasteiger partial charge in [-0.05, 0) is 44.8 Å². The van der Waals surface area contributed by atoms with Crippen molar-refractivity contribution < 1.29 is 0 Å². The fourth-order valence-electron chi connectivity index (χ4n) is 2.39. The number of hydrogen-bond acceptors (Lipinski definition) is 3. The summed E-state index contributed by atoms with van der Waals surface area (Å²) < 4.78 is 0. The van der Waals surface area contributed by atoms with Crippen LogP contribution < -0.4 is 5.73 Å². The lowest BCUT2D eigenvalue weighted by Crippen LogP contribution is -2.41. The van der Waals surface area contributed by atoms with Crippen LogP contribution in [0.1, 0.15) is 30.2 Å². The van der Waals surface area contributed by atoms with Crippen LogP contribution in [0.5, 0.6) is 0 Å². The molecule has 2 N–H and O–H groups in total. The van der Waals surface area contributed by atoms with E-state index in [1.165, 1.54) is 24.1 Å². The van der Waals surface area contributed by atoms with E-state index in [1.54, 1.807) is 11.3 Å². The summed E-state index contributed by atoms with van der Waals surface area (Å²) in [5.41, 5.74) is 6.11. The maximum atomic E-state index is 6.11. The fraction of sp³-hybridized carbons (Fsp3) is 0.643. The van der Waals surface area contributed by atoms with Crippen molar-refractivity contribution in [3.63, 3.8) is 0 Å². The van der Waals surface area contributed by atoms with E-state index in [-0.39, 0.29) is 24.0 Å². The van der Waals surface area contributed by atoms with E-state index in [0.29, 0.717) is 12.0 Å². The molecule has 6 heteroatoms. The highest BCUT2D eigenvalue weighted by Crippen LogP contribution is 2.23. The van der Waals surface area contributed by atoms with Crippen molar-refractivity contribution in [1.29, 1.82) is 0 Å². The van der Waals surface area contributed by atoms with Crippen molar-refractivity contribution in [2.24, 2.45) is 10.7 Å². The predicted octanol–water partition coefficient (Wildman–Crippen LogP) is 2.77. The summed E-state index contributed by atoms with van der Waals surface area (Å²) in [7, 11) is 4.19. The molecule has 1 aliphatic heterocycles. The molecule has 0 aromatic carbocycles. The second-order valence-corrected chi connectivity index (χ2v) is 6.22. The first-order chi connectivity index (χ1) is 9.18. The van der Waals surface area contributed by atoms with Gasteiger partial charge in [0.15, 0.2) is 5.96 Å². The monoisotopic (exact) mass is 408 g/mol. The van der Waals surface area contributed by atoms with Gasteiger partial charge in [0.05, 0.1) is 12.6 Å². The van der Waals surface area contributed by atoms with Crippen molar-refractivity contribution in [3.05, 3.63) is 22.4 Å². The highest BCUT2D eigenvalue weighted by Gasteiger charge is 2.16. The maximum Gasteiger partial charge on any atom is 0.191 e. The van der Waals surface area contributed by atoms with Crippen LogP contribution in [-0.2, 0) is 0 Å². The van der Waals surface area contributed by atoms with Crippen molar-refractivity contribution >= 4 is 41.3 Å². The summed E-state index contributed by atoms with van der Waals surface area (Å²) in [5.74, 6) is 0.711. The Hall–Kier alpha value is -0.340. The van der Waals surface area contributed by atoms with E-state index >= 15 is 0 Å². The smallest absolute Gasteiger partial charge is 0.191 e. The Morgan fingerprint density at radius 3 is 2.65 bits per heavy atom. The van der Waals surface area contributed by atoms with Gasteiger partial charge in [-0.15, -0.1) is 35.3 Å². The van der Waals surface area contributed by atoms with Crippen LogP contribution in [0.3, 0.4) is 0 Å². The molecule has 2 heterocycles. The number of piperidine rings is 1. The van der Waals surface area contributed by atoms with Gasteiger partial charge in [0.2, 0.25) is 0 Å². The quantitative estimate of drug-likeness (QED) is 0.474. The molecule has 1 aromatic heterocycles. The molecule has 1 atom stereocenters. The largest absolute Gasteiger partial charge is 0.370 e. The zero-order valence-corrected chi connectivity index (χ0v) is 15.4. The molecule has 1 aliphatic rings. The number of guanidine groups is 1. The summed E-state index contributed by atoms with van der Waals surface area (Å²) >= 11 is 1.78. The van der Waals surface area contributed by atoms with Gasteiger partial charge in [-0.25, -0.2) is 0 Å². The summed E-state index contributed by atoms with van der Waals surface area (Å²) in [5, 5.41) is 2.11. The lowest BCUT2D eigenvalue weighted by molar-refractivity contribution is 0.305. The predicted molar refractivity (Wildman–Crippen MR) is 98.1 cm³/mol. The zero-order chi connectivity index (χ0) is 13.7. The SMILES string of the molecule is CN(C)C(CN=C(N)N1CCCCC1)c1cccs1.I. The Balaban J connectivity index is 0.00000200. The van der Waals surface area contributed by atoms with Crippen LogP contribution in [-0.4, -0.2) is 49.5 Å². The summed E-state index contributed by atoms with van der Waals surface area (Å²) in [6.45, 7) is 2.85. The topological polar surface area (TPSA) is 44.9 Å². The van der Waals surface area contributed by atoms with Crippen molar-refractivity contribution in [3.8, 4) is 0 Å². The Labute approximate surface area is 143 Å². The molecule has 1 fully saturated rings. The molecule has 0 radical (unpaired) electrons. The van der Waals surface area contributed by atoms with Gasteiger partial charge in [0.25, 0.3) is 0 Å². The van der Waals surface area contributed by atoms with Crippen LogP contribution in [0.2, 0.25) is 0 Å². The Morgan fingerprint density at radius 2 is 2.10 bits per heavy atom. The number of nitrogens with zero attached hydrogens (tertiary/aromatic N) is 3. The minimum atomic E-state index is 0. The fourth-order valence-corrected chi connectivity index (χ4v) is 3.31. The molecule has 2 rings (SSSR count). The Bertz CT molecular complexity index is 399. The number of likely N-dealkylation sites (tertiary alicyclic amines) is 1. The minimum Gasteiger partial charge on any atom is -0.370 e. The third-order valence-electron chi connectivity index (χ3n) is 3.60. The van der Waals surface area contributed by atoms with Crippen LogP contribution in [0.15, 0.2) is 22.5 Å². The molecule has 0 spiro atoms. The van der Waals surface area contributed by atoms with Gasteiger partial charge >= 0.3 is 0 Å². The third kappa shape index (κ3) is 4.89. The molecule has 0 saturated carbocycles. The van der Waals surface area contributed by atoms with Gasteiger partial charge in [0.1, 0.15) is 0 Å². The lowest BCUT2D eigenvalue weighted by atomic mass is 10.1. The number of thiophene rings is 1. The molecule has 4 nitrogen and oxygen atoms in total. The molecule has 114 valence electrons. The van der Waals surface area contributed by atoms with E-state index < -0.39 is 0 Å². The van der Waals surface area contributed by atoms with Gasteiger partial charge < -0.3 is 15.5 Å². The normalized spacial score (nSPS) is 17.9. The van der Waals surface area contributed by atoms with E-state index in [4.69, 9.17) is 5.73 Å². The summed E-state index contributed by atoms with van der Waals surface area (Å²) in [6.07, 6.45) is 3.79. The summed E-state index contributed by atoms with van der Waals surface area (Å²) in [6, 6.07) is 4.58. The molecule has 1 aromatic rings. The first kappa shape index (κ1) is 17.7. The average Bonchev–Trinajstić information content (AvgIpc) is 2.93. The number of aliphatic imine (C=N–C) groups is 1. The second kappa shape index (κ2) is 8.84. The van der Waals surface area contributed by atoms with Crippen LogP contribution in [0.4, 0.5) is 0 Å². The minimum absolute atomic E-state index is 0. The van der Waals surface area contributed by atoms with Crippen molar-refractivity contribution in [1.82, 2.24) is 9.80 Å². The molecular weight excluding hydrogens is 383 g/mol. The van der Waals surface area contributed by atoms with E-state index in [0.717, 1.165) is 19.6 Å². The number of nitrogens with two attached hydrogens (primary N) is 1. The second-order valence-electron chi connectivity index (χ2n) is 5.24. The number of rotatable bonds is 4. The number of hydrogen-bond donors (Lipinski definition) is 1. The van der Waals surface area contributed by atoms with Gasteiger partial charge in [-0.2, -0.15) is 0 Å². The Morgan fingerprint density at radius 1 is 1.40 bits per heavy atom. The highest BCUT2D eigenvalue weighted by molar-refractivity contribution is 14.0. The molecular formula is C14H25IN4S. The molecule has 0 bridgehead atoms. The third-order valence-corrected chi connectivity index (χ3v) is 4.57. The first-order valence-corrected chi connectivity index (χ1v) is 7.81. The zero-order valence-electron chi connectivity index (χ0n) is 12.3. The molecule has 0 amide bonds. The van der Waals surface area contributed by atoms with Gasteiger partial charge in [-0.3, -0.25) is 4.99 Å².